The summed E-state index contributed by atoms with van der Waals surface area (Å²) in [4.78, 5) is 12.4. The summed E-state index contributed by atoms with van der Waals surface area (Å²) in [6, 6.07) is 0. The molecule has 1 rings (SSSR count). The van der Waals surface area contributed by atoms with Gasteiger partial charge in [-0.1, -0.05) is 0 Å². The van der Waals surface area contributed by atoms with Crippen LogP contribution in [0.1, 0.15) is 6.92 Å². The average molecular weight is 339 g/mol. The quantitative estimate of drug-likeness (QED) is 0.453. The second-order valence-corrected chi connectivity index (χ2v) is 5.46. The Bertz CT molecular complexity index is 519. The van der Waals surface area contributed by atoms with Gasteiger partial charge in [0.1, 0.15) is 0 Å². The molecule has 23 heavy (non-hydrogen) atoms. The van der Waals surface area contributed by atoms with Crippen molar-refractivity contribution in [2.24, 2.45) is 5.73 Å². The van der Waals surface area contributed by atoms with E-state index in [1.807, 2.05) is 19.0 Å². The van der Waals surface area contributed by atoms with Gasteiger partial charge in [0.15, 0.2) is 12.3 Å². The second kappa shape index (κ2) is 7.04. The molecule has 1 aliphatic heterocycles. The molecular weight excluding hydrogens is 319 g/mol. The number of hydrogen-bond donors (Lipinski definition) is 3. The van der Waals surface area contributed by atoms with Crippen molar-refractivity contribution in [3.63, 3.8) is 0 Å². The number of ether oxygens (including phenoxy) is 1. The summed E-state index contributed by atoms with van der Waals surface area (Å²) in [5, 5.41) is 16.6. The molecule has 1 aliphatic rings. The highest BCUT2D eigenvalue weighted by atomic mass is 19.4. The van der Waals surface area contributed by atoms with E-state index in [9.17, 15) is 23.3 Å². The molecule has 1 heterocycles. The highest BCUT2D eigenvalue weighted by molar-refractivity contribution is 5.31. The smallest absolute Gasteiger partial charge is 0.422 e. The van der Waals surface area contributed by atoms with Crippen molar-refractivity contribution in [2.45, 2.75) is 18.8 Å². The number of allylic oxidation sites excluding steroid dienone is 1. The molecule has 0 bridgehead atoms. The average Bonchev–Trinajstić information content (AvgIpc) is 2.37. The summed E-state index contributed by atoms with van der Waals surface area (Å²) < 4.78 is 41.4. The van der Waals surface area contributed by atoms with Crippen LogP contribution >= 0.6 is 0 Å². The van der Waals surface area contributed by atoms with E-state index in [-0.39, 0.29) is 17.3 Å². The lowest BCUT2D eigenvalue weighted by Crippen LogP contribution is -2.60. The SMILES string of the molecule is CN(C)CCNC1(C)NC(OCC(F)(F)F)=C(N)C=C1[N+](=O)[O-]. The predicted octanol–water partition coefficient (Wildman–Crippen LogP) is 0.324. The summed E-state index contributed by atoms with van der Waals surface area (Å²) in [5.74, 6) is -0.354. The van der Waals surface area contributed by atoms with E-state index in [2.05, 4.69) is 15.4 Å². The van der Waals surface area contributed by atoms with Crippen molar-refractivity contribution in [3.05, 3.63) is 33.5 Å². The Labute approximate surface area is 131 Å². The van der Waals surface area contributed by atoms with Crippen LogP contribution in [0.4, 0.5) is 13.2 Å². The van der Waals surface area contributed by atoms with Gasteiger partial charge in [-0.25, -0.2) is 0 Å². The lowest BCUT2D eigenvalue weighted by atomic mass is 10.0. The van der Waals surface area contributed by atoms with Gasteiger partial charge in [-0.05, 0) is 21.0 Å². The standard InChI is InChI=1S/C12H20F3N5O3/c1-11(17-4-5-19(2)3)9(20(21)22)6-8(16)10(18-11)23-7-12(13,14)15/h6,17-18H,4-5,7,16H2,1-3H3. The zero-order valence-corrected chi connectivity index (χ0v) is 13.0. The number of nitro groups is 1. The summed E-state index contributed by atoms with van der Waals surface area (Å²) in [7, 11) is 3.64. The number of likely N-dealkylation sites (N-methyl/N-ethyl adjacent to an activating group) is 1. The molecule has 0 saturated heterocycles. The highest BCUT2D eigenvalue weighted by Crippen LogP contribution is 2.25. The third kappa shape index (κ3) is 5.60. The van der Waals surface area contributed by atoms with Crippen LogP contribution in [0.15, 0.2) is 23.4 Å². The van der Waals surface area contributed by atoms with Crippen molar-refractivity contribution in [1.82, 2.24) is 15.5 Å². The molecule has 0 aromatic carbocycles. The Morgan fingerprint density at radius 1 is 1.52 bits per heavy atom. The molecule has 0 spiro atoms. The van der Waals surface area contributed by atoms with Crippen LogP contribution in [0.3, 0.4) is 0 Å². The first-order valence-corrected chi connectivity index (χ1v) is 6.68. The minimum atomic E-state index is -4.54. The first kappa shape index (κ1) is 19.0. The first-order valence-electron chi connectivity index (χ1n) is 6.68. The van der Waals surface area contributed by atoms with Gasteiger partial charge < -0.3 is 20.7 Å². The van der Waals surface area contributed by atoms with Gasteiger partial charge in [0.2, 0.25) is 5.88 Å². The van der Waals surface area contributed by atoms with Crippen LogP contribution in [-0.2, 0) is 4.74 Å². The summed E-state index contributed by atoms with van der Waals surface area (Å²) in [5.41, 5.74) is 3.55. The van der Waals surface area contributed by atoms with Crippen molar-refractivity contribution in [1.29, 1.82) is 0 Å². The Balaban J connectivity index is 2.95. The van der Waals surface area contributed by atoms with Crippen molar-refractivity contribution in [3.8, 4) is 0 Å². The minimum Gasteiger partial charge on any atom is -0.468 e. The topological polar surface area (TPSA) is 106 Å². The maximum absolute atomic E-state index is 12.3. The second-order valence-electron chi connectivity index (χ2n) is 5.46. The normalized spacial score (nSPS) is 22.0. The molecule has 132 valence electrons. The molecule has 0 fully saturated rings. The van der Waals surface area contributed by atoms with Gasteiger partial charge in [0.05, 0.1) is 10.6 Å². The van der Waals surface area contributed by atoms with Crippen LogP contribution in [-0.4, -0.2) is 55.5 Å². The number of rotatable bonds is 7. The number of halogens is 3. The molecule has 11 heteroatoms. The van der Waals surface area contributed by atoms with Gasteiger partial charge in [0.25, 0.3) is 5.70 Å². The fraction of sp³-hybridized carbons (Fsp3) is 0.667. The summed E-state index contributed by atoms with van der Waals surface area (Å²) in [6.07, 6.45) is -3.55. The zero-order chi connectivity index (χ0) is 17.8. The number of nitrogens with one attached hydrogen (secondary N) is 2. The largest absolute Gasteiger partial charge is 0.468 e. The lowest BCUT2D eigenvalue weighted by molar-refractivity contribution is -0.437. The predicted molar refractivity (Wildman–Crippen MR) is 76.4 cm³/mol. The van der Waals surface area contributed by atoms with Crippen LogP contribution in [0.25, 0.3) is 0 Å². The Morgan fingerprint density at radius 3 is 2.61 bits per heavy atom. The van der Waals surface area contributed by atoms with Gasteiger partial charge >= 0.3 is 6.18 Å². The molecule has 1 atom stereocenters. The molecule has 0 saturated carbocycles. The summed E-state index contributed by atoms with van der Waals surface area (Å²) in [6.45, 7) is 0.806. The Morgan fingerprint density at radius 2 is 2.13 bits per heavy atom. The third-order valence-electron chi connectivity index (χ3n) is 3.04. The number of dihydropyridines is 1. The maximum Gasteiger partial charge on any atom is 0.422 e. The monoisotopic (exact) mass is 339 g/mol. The number of nitrogens with two attached hydrogens (primary N) is 1. The maximum atomic E-state index is 12.3. The fourth-order valence-corrected chi connectivity index (χ4v) is 1.89. The van der Waals surface area contributed by atoms with Gasteiger partial charge in [-0.3, -0.25) is 15.4 Å². The van der Waals surface area contributed by atoms with Crippen LogP contribution in [0.5, 0.6) is 0 Å². The summed E-state index contributed by atoms with van der Waals surface area (Å²) >= 11 is 0. The first-order chi connectivity index (χ1) is 10.4. The number of alkyl halides is 3. The van der Waals surface area contributed by atoms with Crippen molar-refractivity contribution < 1.29 is 22.8 Å². The van der Waals surface area contributed by atoms with E-state index in [1.54, 1.807) is 0 Å². The van der Waals surface area contributed by atoms with Crippen molar-refractivity contribution in [2.75, 3.05) is 33.8 Å². The van der Waals surface area contributed by atoms with Crippen LogP contribution in [0.2, 0.25) is 0 Å². The van der Waals surface area contributed by atoms with Crippen LogP contribution in [0, 0.1) is 10.1 Å². The molecule has 0 aliphatic carbocycles. The minimum absolute atomic E-state index is 0.271. The zero-order valence-electron chi connectivity index (χ0n) is 13.0. The van der Waals surface area contributed by atoms with Gasteiger partial charge in [-0.2, -0.15) is 13.2 Å². The third-order valence-corrected chi connectivity index (χ3v) is 3.04. The van der Waals surface area contributed by atoms with Gasteiger partial charge in [-0.15, -0.1) is 0 Å². The van der Waals surface area contributed by atoms with E-state index >= 15 is 0 Å². The molecule has 0 radical (unpaired) electrons. The van der Waals surface area contributed by atoms with E-state index < -0.39 is 23.4 Å². The molecule has 0 aromatic rings. The number of nitrogens with zero attached hydrogens (tertiary/aromatic N) is 2. The lowest BCUT2D eigenvalue weighted by Gasteiger charge is -2.34. The molecule has 1 unspecified atom stereocenters. The number of hydrogen-bond acceptors (Lipinski definition) is 7. The molecule has 8 nitrogen and oxygen atoms in total. The van der Waals surface area contributed by atoms with E-state index in [4.69, 9.17) is 5.73 Å². The molecular formula is C12H20F3N5O3. The van der Waals surface area contributed by atoms with Crippen molar-refractivity contribution >= 4 is 0 Å². The van der Waals surface area contributed by atoms with Crippen LogP contribution < -0.4 is 16.4 Å². The Kier molecular flexibility index (Phi) is 5.83. The molecule has 4 N–H and O–H groups in total. The van der Waals surface area contributed by atoms with E-state index in [0.717, 1.165) is 6.08 Å². The molecule has 0 amide bonds. The van der Waals surface area contributed by atoms with E-state index in [0.29, 0.717) is 13.1 Å². The molecule has 0 aromatic heterocycles. The Hall–Kier alpha value is -2.01. The van der Waals surface area contributed by atoms with Gasteiger partial charge in [0, 0.05) is 19.2 Å². The highest BCUT2D eigenvalue weighted by Gasteiger charge is 2.43. The van der Waals surface area contributed by atoms with E-state index in [1.165, 1.54) is 6.92 Å². The fourth-order valence-electron chi connectivity index (χ4n) is 1.89.